The highest BCUT2D eigenvalue weighted by Gasteiger charge is 2.39. The van der Waals surface area contributed by atoms with Crippen LogP contribution in [-0.2, 0) is 6.42 Å². The van der Waals surface area contributed by atoms with E-state index in [4.69, 9.17) is 0 Å². The van der Waals surface area contributed by atoms with E-state index in [1.165, 1.54) is 24.8 Å². The third-order valence-electron chi connectivity index (χ3n) is 4.44. The largest absolute Gasteiger partial charge is 0.317 e. The first-order chi connectivity index (χ1) is 8.65. The normalized spacial score (nSPS) is 27.3. The van der Waals surface area contributed by atoms with Crippen LogP contribution < -0.4 is 5.32 Å². The minimum atomic E-state index is 0.732. The quantitative estimate of drug-likeness (QED) is 0.827. The monoisotopic (exact) mass is 245 g/mol. The van der Waals surface area contributed by atoms with E-state index in [0.717, 1.165) is 23.8 Å². The molecule has 1 aromatic rings. The molecule has 0 radical (unpaired) electrons. The summed E-state index contributed by atoms with van der Waals surface area (Å²) in [5.41, 5.74) is 3.02. The van der Waals surface area contributed by atoms with E-state index in [1.807, 2.05) is 0 Å². The molecule has 1 aromatic carbocycles. The highest BCUT2D eigenvalue weighted by atomic mass is 14.9. The minimum Gasteiger partial charge on any atom is -0.317 e. The van der Waals surface area contributed by atoms with Gasteiger partial charge in [0.25, 0.3) is 0 Å². The summed E-state index contributed by atoms with van der Waals surface area (Å²) in [5.74, 6) is 2.35. The van der Waals surface area contributed by atoms with Crippen LogP contribution in [0.25, 0.3) is 0 Å². The van der Waals surface area contributed by atoms with Crippen molar-refractivity contribution in [2.45, 2.75) is 52.0 Å². The topological polar surface area (TPSA) is 12.0 Å². The first kappa shape index (κ1) is 13.6. The van der Waals surface area contributed by atoms with Gasteiger partial charge in [0.1, 0.15) is 0 Å². The lowest BCUT2D eigenvalue weighted by Crippen LogP contribution is -2.47. The molecule has 0 amide bonds. The molecular weight excluding hydrogens is 218 g/mol. The van der Waals surface area contributed by atoms with Crippen LogP contribution in [-0.4, -0.2) is 13.1 Å². The maximum atomic E-state index is 3.44. The van der Waals surface area contributed by atoms with Crippen LogP contribution in [0.3, 0.4) is 0 Å². The molecule has 1 nitrogen and oxygen atoms in total. The Morgan fingerprint density at radius 2 is 1.89 bits per heavy atom. The molecule has 0 saturated heterocycles. The number of nitrogens with one attached hydrogen (secondary N) is 1. The summed E-state index contributed by atoms with van der Waals surface area (Å²) in [5, 5.41) is 3.44. The van der Waals surface area contributed by atoms with Gasteiger partial charge < -0.3 is 5.32 Å². The van der Waals surface area contributed by atoms with Crippen molar-refractivity contribution in [2.24, 2.45) is 11.8 Å². The van der Waals surface area contributed by atoms with Crippen molar-refractivity contribution < 1.29 is 0 Å². The Bertz CT molecular complexity index is 366. The van der Waals surface area contributed by atoms with Crippen LogP contribution in [0.4, 0.5) is 0 Å². The molecule has 1 N–H and O–H groups in total. The highest BCUT2D eigenvalue weighted by Crippen LogP contribution is 2.44. The van der Waals surface area contributed by atoms with E-state index >= 15 is 0 Å². The molecular formula is C17H27N. The van der Waals surface area contributed by atoms with Crippen molar-refractivity contribution in [1.29, 1.82) is 0 Å². The predicted octanol–water partition coefficient (Wildman–Crippen LogP) is 3.99. The fraction of sp³-hybridized carbons (Fsp3) is 0.647. The molecule has 1 aliphatic rings. The maximum absolute atomic E-state index is 3.44. The summed E-state index contributed by atoms with van der Waals surface area (Å²) < 4.78 is 0. The summed E-state index contributed by atoms with van der Waals surface area (Å²) in [6.07, 6.45) is 3.78. The lowest BCUT2D eigenvalue weighted by Gasteiger charge is -2.45. The molecule has 1 aliphatic carbocycles. The van der Waals surface area contributed by atoms with Crippen molar-refractivity contribution >= 4 is 0 Å². The van der Waals surface area contributed by atoms with E-state index in [9.17, 15) is 0 Å². The fourth-order valence-electron chi connectivity index (χ4n) is 3.36. The molecule has 1 saturated carbocycles. The molecule has 0 heterocycles. The van der Waals surface area contributed by atoms with Gasteiger partial charge in [-0.3, -0.25) is 0 Å². The average Bonchev–Trinajstić information content (AvgIpc) is 2.30. The van der Waals surface area contributed by atoms with Crippen molar-refractivity contribution in [3.8, 4) is 0 Å². The van der Waals surface area contributed by atoms with E-state index in [0.29, 0.717) is 0 Å². The molecule has 2 rings (SSSR count). The van der Waals surface area contributed by atoms with Crippen molar-refractivity contribution in [1.82, 2.24) is 5.32 Å². The first-order valence-electron chi connectivity index (χ1n) is 7.41. The van der Waals surface area contributed by atoms with Crippen molar-refractivity contribution in [3.05, 3.63) is 35.4 Å². The van der Waals surface area contributed by atoms with Gasteiger partial charge in [0, 0.05) is 6.04 Å². The summed E-state index contributed by atoms with van der Waals surface area (Å²) >= 11 is 0. The zero-order chi connectivity index (χ0) is 13.1. The van der Waals surface area contributed by atoms with Crippen LogP contribution in [0.5, 0.6) is 0 Å². The zero-order valence-electron chi connectivity index (χ0n) is 12.2. The van der Waals surface area contributed by atoms with Gasteiger partial charge in [-0.25, -0.2) is 0 Å². The number of hydrogen-bond acceptors (Lipinski definition) is 1. The van der Waals surface area contributed by atoms with Crippen LogP contribution in [0, 0.1) is 11.8 Å². The minimum absolute atomic E-state index is 0.732. The van der Waals surface area contributed by atoms with E-state index in [2.05, 4.69) is 57.4 Å². The smallest absolute Gasteiger partial charge is 0.0104 e. The Morgan fingerprint density at radius 1 is 1.22 bits per heavy atom. The molecule has 0 bridgehead atoms. The maximum Gasteiger partial charge on any atom is 0.0104 e. The van der Waals surface area contributed by atoms with Crippen molar-refractivity contribution in [2.75, 3.05) is 7.05 Å². The Balaban J connectivity index is 2.02. The lowest BCUT2D eigenvalue weighted by atomic mass is 9.65. The van der Waals surface area contributed by atoms with Crippen molar-refractivity contribution in [3.63, 3.8) is 0 Å². The number of rotatable bonds is 5. The van der Waals surface area contributed by atoms with Crippen LogP contribution in [0.2, 0.25) is 0 Å². The van der Waals surface area contributed by atoms with E-state index < -0.39 is 0 Å². The van der Waals surface area contributed by atoms with Gasteiger partial charge in [-0.2, -0.15) is 0 Å². The second-order valence-electron chi connectivity index (χ2n) is 6.15. The van der Waals surface area contributed by atoms with Crippen LogP contribution in [0.1, 0.15) is 50.7 Å². The third kappa shape index (κ3) is 2.77. The first-order valence-corrected chi connectivity index (χ1v) is 7.41. The highest BCUT2D eigenvalue weighted by molar-refractivity contribution is 5.29. The van der Waals surface area contributed by atoms with E-state index in [-0.39, 0.29) is 0 Å². The van der Waals surface area contributed by atoms with Gasteiger partial charge in [-0.15, -0.1) is 0 Å². The SMILES string of the molecule is CCC1C(NC)CC1c1ccc(CC(C)C)cc1. The molecule has 3 atom stereocenters. The molecule has 0 spiro atoms. The molecule has 1 heteroatoms. The molecule has 3 unspecified atom stereocenters. The van der Waals surface area contributed by atoms with Crippen LogP contribution in [0.15, 0.2) is 24.3 Å². The van der Waals surface area contributed by atoms with Gasteiger partial charge in [-0.05, 0) is 48.8 Å². The average molecular weight is 245 g/mol. The molecule has 18 heavy (non-hydrogen) atoms. The summed E-state index contributed by atoms with van der Waals surface area (Å²) in [6, 6.07) is 10.1. The molecule has 0 aromatic heterocycles. The lowest BCUT2D eigenvalue weighted by molar-refractivity contribution is 0.169. The zero-order valence-corrected chi connectivity index (χ0v) is 12.2. The van der Waals surface area contributed by atoms with Gasteiger partial charge >= 0.3 is 0 Å². The Kier molecular flexibility index (Phi) is 4.45. The Labute approximate surface area is 112 Å². The summed E-state index contributed by atoms with van der Waals surface area (Å²) in [4.78, 5) is 0. The fourth-order valence-corrected chi connectivity index (χ4v) is 3.36. The van der Waals surface area contributed by atoms with Gasteiger partial charge in [0.05, 0.1) is 0 Å². The molecule has 0 aliphatic heterocycles. The Hall–Kier alpha value is -0.820. The number of benzene rings is 1. The van der Waals surface area contributed by atoms with Gasteiger partial charge in [0.15, 0.2) is 0 Å². The molecule has 1 fully saturated rings. The predicted molar refractivity (Wildman–Crippen MR) is 79.0 cm³/mol. The van der Waals surface area contributed by atoms with E-state index in [1.54, 1.807) is 5.56 Å². The molecule has 100 valence electrons. The second-order valence-corrected chi connectivity index (χ2v) is 6.15. The standard InChI is InChI=1S/C17H27N/c1-5-15-16(11-17(15)18-4)14-8-6-13(7-9-14)10-12(2)3/h6-9,12,15-18H,5,10-11H2,1-4H3. The summed E-state index contributed by atoms with van der Waals surface area (Å²) in [6.45, 7) is 6.88. The number of hydrogen-bond donors (Lipinski definition) is 1. The van der Waals surface area contributed by atoms with Gasteiger partial charge in [-0.1, -0.05) is 51.5 Å². The van der Waals surface area contributed by atoms with Gasteiger partial charge in [0.2, 0.25) is 0 Å². The Morgan fingerprint density at radius 3 is 2.39 bits per heavy atom. The van der Waals surface area contributed by atoms with Crippen LogP contribution >= 0.6 is 0 Å². The summed E-state index contributed by atoms with van der Waals surface area (Å²) in [7, 11) is 2.09. The third-order valence-corrected chi connectivity index (χ3v) is 4.44. The second kappa shape index (κ2) is 5.88.